The zero-order valence-electron chi connectivity index (χ0n) is 21.8. The van der Waals surface area contributed by atoms with E-state index in [1.807, 2.05) is 0 Å². The Balaban J connectivity index is -0.0000000247. The number of carboxylic acids is 6. The lowest BCUT2D eigenvalue weighted by Gasteiger charge is -2.13. The minimum absolute atomic E-state index is 0. The molecule has 0 saturated heterocycles. The third-order valence-electron chi connectivity index (χ3n) is 1.34. The van der Waals surface area contributed by atoms with Gasteiger partial charge < -0.3 is 54.0 Å². The highest BCUT2D eigenvalue weighted by Crippen LogP contribution is 1.81. The molecule has 34 heavy (non-hydrogen) atoms. The van der Waals surface area contributed by atoms with Crippen LogP contribution in [0.4, 0.5) is 0 Å². The van der Waals surface area contributed by atoms with Crippen molar-refractivity contribution in [3.05, 3.63) is 0 Å². The van der Waals surface area contributed by atoms with Gasteiger partial charge in [0.2, 0.25) is 0 Å². The molecule has 0 spiro atoms. The number of carbonyl (C=O) groups is 6. The molecular formula is C18H48N4O12. The van der Waals surface area contributed by atoms with E-state index in [0.717, 1.165) is 41.5 Å². The van der Waals surface area contributed by atoms with Crippen LogP contribution in [0.2, 0.25) is 0 Å². The summed E-state index contributed by atoms with van der Waals surface area (Å²) in [5.41, 5.74) is 0. The van der Waals surface area contributed by atoms with Crippen molar-refractivity contribution >= 4 is 35.8 Å². The van der Waals surface area contributed by atoms with Crippen LogP contribution < -0.4 is 18.5 Å². The maximum absolute atomic E-state index is 9.00. The summed E-state index contributed by atoms with van der Waals surface area (Å²) in [6.07, 6.45) is 0. The third-order valence-corrected chi connectivity index (χ3v) is 1.34. The van der Waals surface area contributed by atoms with Gasteiger partial charge in [-0.05, 0) is 19.6 Å². The highest BCUT2D eigenvalue weighted by atomic mass is 16.4. The van der Waals surface area contributed by atoms with Crippen molar-refractivity contribution in [2.75, 3.05) is 19.6 Å². The molecule has 0 amide bonds. The van der Waals surface area contributed by atoms with Crippen molar-refractivity contribution in [1.29, 1.82) is 0 Å². The van der Waals surface area contributed by atoms with E-state index >= 15 is 0 Å². The molecule has 0 radical (unpaired) electrons. The second kappa shape index (κ2) is 57.1. The molecule has 16 nitrogen and oxygen atoms in total. The van der Waals surface area contributed by atoms with E-state index in [1.54, 1.807) is 0 Å². The van der Waals surface area contributed by atoms with Crippen molar-refractivity contribution < 1.29 is 59.4 Å². The van der Waals surface area contributed by atoms with Gasteiger partial charge in [-0.15, -0.1) is 0 Å². The molecule has 0 heterocycles. The average Bonchev–Trinajstić information content (AvgIpc) is 2.45. The second-order valence-corrected chi connectivity index (χ2v) is 4.73. The zero-order chi connectivity index (χ0) is 27.2. The first kappa shape index (κ1) is 63.2. The number of hydrogen-bond donors (Lipinski definition) is 9. The maximum atomic E-state index is 9.00. The normalized spacial score (nSPS) is 6.53. The van der Waals surface area contributed by atoms with Crippen LogP contribution in [0.5, 0.6) is 0 Å². The predicted molar refractivity (Wildman–Crippen MR) is 128 cm³/mol. The fourth-order valence-corrected chi connectivity index (χ4v) is 0.671. The van der Waals surface area contributed by atoms with Gasteiger partial charge in [0.1, 0.15) is 0 Å². The molecule has 0 aliphatic heterocycles. The van der Waals surface area contributed by atoms with Crippen LogP contribution in [-0.2, 0) is 28.8 Å². The average molecular weight is 513 g/mol. The molecule has 0 rings (SSSR count). The van der Waals surface area contributed by atoms with Crippen LogP contribution in [0, 0.1) is 0 Å². The van der Waals surface area contributed by atoms with Gasteiger partial charge in [-0.3, -0.25) is 28.8 Å². The number of aliphatic carboxylic acids is 6. The Labute approximate surface area is 201 Å². The van der Waals surface area contributed by atoms with E-state index in [4.69, 9.17) is 59.4 Å². The van der Waals surface area contributed by atoms with Crippen LogP contribution >= 0.6 is 0 Å². The Kier molecular flexibility index (Phi) is 106. The minimum Gasteiger partial charge on any atom is -0.481 e. The van der Waals surface area contributed by atoms with Gasteiger partial charge in [-0.1, -0.05) is 20.8 Å². The van der Waals surface area contributed by atoms with Crippen molar-refractivity contribution in [2.45, 2.75) is 62.3 Å². The molecule has 16 heteroatoms. The number of carboxylic acid groups (broad SMARTS) is 6. The van der Waals surface area contributed by atoms with Crippen LogP contribution in [0.1, 0.15) is 62.3 Å². The lowest BCUT2D eigenvalue weighted by atomic mass is 10.5. The van der Waals surface area contributed by atoms with Crippen molar-refractivity contribution in [3.63, 3.8) is 0 Å². The van der Waals surface area contributed by atoms with Gasteiger partial charge >= 0.3 is 0 Å². The van der Waals surface area contributed by atoms with Crippen LogP contribution in [0.15, 0.2) is 0 Å². The molecule has 0 aromatic carbocycles. The summed E-state index contributed by atoms with van der Waals surface area (Å²) < 4.78 is 0. The standard InChI is InChI=1S/C6H15N.6C2H4O2.3H3N/c1-4-7(5-2)6-3;6*1-2(3)4;;;/h4-6H2,1-3H3;6*1H3,(H,3,4);3*1H3. The highest BCUT2D eigenvalue weighted by Gasteiger charge is 1.89. The summed E-state index contributed by atoms with van der Waals surface area (Å²) in [5.74, 6) is -5.00. The van der Waals surface area contributed by atoms with Gasteiger partial charge in [0.25, 0.3) is 35.8 Å². The Bertz CT molecular complexity index is 349. The Morgan fingerprint density at radius 3 is 0.471 bits per heavy atom. The van der Waals surface area contributed by atoms with Gasteiger partial charge in [0, 0.05) is 41.5 Å². The molecule has 0 atom stereocenters. The van der Waals surface area contributed by atoms with Crippen molar-refractivity contribution in [3.8, 4) is 0 Å². The first-order valence-corrected chi connectivity index (χ1v) is 8.64. The summed E-state index contributed by atoms with van der Waals surface area (Å²) >= 11 is 0. The van der Waals surface area contributed by atoms with E-state index in [1.165, 1.54) is 19.6 Å². The lowest BCUT2D eigenvalue weighted by molar-refractivity contribution is -0.135. The molecule has 0 aliphatic rings. The van der Waals surface area contributed by atoms with E-state index in [2.05, 4.69) is 25.7 Å². The summed E-state index contributed by atoms with van der Waals surface area (Å²) in [6, 6.07) is 0. The summed E-state index contributed by atoms with van der Waals surface area (Å²) in [6.45, 7) is 16.6. The van der Waals surface area contributed by atoms with Crippen LogP contribution in [-0.4, -0.2) is 91.0 Å². The number of nitrogens with zero attached hydrogens (tertiary/aromatic N) is 1. The van der Waals surface area contributed by atoms with Gasteiger partial charge in [-0.2, -0.15) is 0 Å². The van der Waals surface area contributed by atoms with Gasteiger partial charge in [-0.25, -0.2) is 0 Å². The Hall–Kier alpha value is -3.34. The SMILES string of the molecule is CC(=O)O.CC(=O)O.CC(=O)O.CC(=O)O.CC(=O)O.CC(=O)O.CCN(CC)CC.N.N.N. The van der Waals surface area contributed by atoms with Crippen LogP contribution in [0.3, 0.4) is 0 Å². The summed E-state index contributed by atoms with van der Waals surface area (Å²) in [7, 11) is 0. The van der Waals surface area contributed by atoms with E-state index < -0.39 is 35.8 Å². The molecule has 0 saturated carbocycles. The van der Waals surface area contributed by atoms with Crippen LogP contribution in [0.25, 0.3) is 0 Å². The highest BCUT2D eigenvalue weighted by molar-refractivity contribution is 5.64. The predicted octanol–water partition coefficient (Wildman–Crippen LogP) is 2.38. The quantitative estimate of drug-likeness (QED) is 0.262. The maximum Gasteiger partial charge on any atom is 0.300 e. The van der Waals surface area contributed by atoms with E-state index in [-0.39, 0.29) is 18.5 Å². The topological polar surface area (TPSA) is 332 Å². The molecule has 0 aromatic rings. The molecular weight excluding hydrogens is 464 g/mol. The van der Waals surface area contributed by atoms with E-state index in [9.17, 15) is 0 Å². The molecule has 0 bridgehead atoms. The van der Waals surface area contributed by atoms with E-state index in [0.29, 0.717) is 0 Å². The largest absolute Gasteiger partial charge is 0.481 e. The first-order valence-electron chi connectivity index (χ1n) is 8.64. The second-order valence-electron chi connectivity index (χ2n) is 4.73. The molecule has 0 fully saturated rings. The smallest absolute Gasteiger partial charge is 0.300 e. The Morgan fingerprint density at radius 2 is 0.471 bits per heavy atom. The fraction of sp³-hybridized carbons (Fsp3) is 0.667. The molecule has 212 valence electrons. The Morgan fingerprint density at radius 1 is 0.412 bits per heavy atom. The zero-order valence-corrected chi connectivity index (χ0v) is 21.8. The first-order chi connectivity index (χ1) is 13.7. The molecule has 0 aliphatic carbocycles. The molecule has 0 unspecified atom stereocenters. The molecule has 15 N–H and O–H groups in total. The van der Waals surface area contributed by atoms with Crippen molar-refractivity contribution in [2.24, 2.45) is 0 Å². The van der Waals surface area contributed by atoms with Crippen molar-refractivity contribution in [1.82, 2.24) is 23.4 Å². The number of hydrogen-bond acceptors (Lipinski definition) is 10. The fourth-order valence-electron chi connectivity index (χ4n) is 0.671. The minimum atomic E-state index is -0.833. The molecule has 0 aromatic heterocycles. The number of rotatable bonds is 3. The monoisotopic (exact) mass is 512 g/mol. The third kappa shape index (κ3) is 3100. The lowest BCUT2D eigenvalue weighted by Crippen LogP contribution is -2.21. The van der Waals surface area contributed by atoms with Gasteiger partial charge in [0.15, 0.2) is 0 Å². The summed E-state index contributed by atoms with van der Waals surface area (Å²) in [5, 5.41) is 44.5. The van der Waals surface area contributed by atoms with Gasteiger partial charge in [0.05, 0.1) is 0 Å². The summed E-state index contributed by atoms with van der Waals surface area (Å²) in [4.78, 5) is 56.4.